The van der Waals surface area contributed by atoms with E-state index in [2.05, 4.69) is 26.7 Å². The van der Waals surface area contributed by atoms with Crippen molar-refractivity contribution in [2.24, 2.45) is 5.92 Å². The lowest BCUT2D eigenvalue weighted by Gasteiger charge is -2.33. The Labute approximate surface area is 215 Å². The van der Waals surface area contributed by atoms with Gasteiger partial charge in [0, 0.05) is 37.6 Å². The van der Waals surface area contributed by atoms with Gasteiger partial charge in [-0.05, 0) is 68.7 Å². The van der Waals surface area contributed by atoms with Crippen molar-refractivity contribution < 1.29 is 22.7 Å². The Hall–Kier alpha value is -2.81. The molecule has 1 N–H and O–H groups in total. The maximum Gasteiger partial charge on any atom is 0.311 e. The zero-order valence-electron chi connectivity index (χ0n) is 21.4. The average Bonchev–Trinajstić information content (AvgIpc) is 2.88. The molecule has 36 heavy (non-hydrogen) atoms. The van der Waals surface area contributed by atoms with Crippen LogP contribution in [0, 0.1) is 5.92 Å². The predicted octanol–water partition coefficient (Wildman–Crippen LogP) is 5.40. The number of nitrogens with one attached hydrogen (secondary N) is 1. The molecule has 2 heterocycles. The van der Waals surface area contributed by atoms with Gasteiger partial charge in [0.15, 0.2) is 11.5 Å². The molecule has 0 unspecified atom stereocenters. The second-order valence-corrected chi connectivity index (χ2v) is 11.1. The van der Waals surface area contributed by atoms with Crippen LogP contribution in [0.3, 0.4) is 0 Å². The standard InChI is InChI=1S/C27H39N3O5S/c1-3-5-21-36(32,33)29-24-10-6-11-25(27(24)35-26(31)8-4-2)34-20-7-9-22-14-18-30(19-15-22)23-12-16-28-17-13-23/h6,10-13,16-17,22,29H,3-5,7-9,14-15,18-21H2,1-2H3. The molecule has 1 aliphatic rings. The summed E-state index contributed by atoms with van der Waals surface area (Å²) < 4.78 is 39.1. The molecule has 9 heteroatoms. The smallest absolute Gasteiger partial charge is 0.311 e. The van der Waals surface area contributed by atoms with Crippen molar-refractivity contribution in [3.63, 3.8) is 0 Å². The fourth-order valence-electron chi connectivity index (χ4n) is 4.33. The van der Waals surface area contributed by atoms with E-state index in [-0.39, 0.29) is 23.6 Å². The van der Waals surface area contributed by atoms with Crippen LogP contribution in [0.25, 0.3) is 0 Å². The Bertz CT molecular complexity index is 1050. The van der Waals surface area contributed by atoms with Crippen molar-refractivity contribution in [1.82, 2.24) is 4.98 Å². The van der Waals surface area contributed by atoms with Gasteiger partial charge in [-0.25, -0.2) is 8.42 Å². The third-order valence-corrected chi connectivity index (χ3v) is 7.69. The predicted molar refractivity (Wildman–Crippen MR) is 143 cm³/mol. The molecule has 0 aliphatic carbocycles. The van der Waals surface area contributed by atoms with Gasteiger partial charge in [0.25, 0.3) is 0 Å². The molecule has 198 valence electrons. The summed E-state index contributed by atoms with van der Waals surface area (Å²) in [7, 11) is -3.55. The van der Waals surface area contributed by atoms with E-state index >= 15 is 0 Å². The Morgan fingerprint density at radius 1 is 1.08 bits per heavy atom. The molecule has 1 aromatic carbocycles. The normalized spacial score (nSPS) is 14.4. The second-order valence-electron chi connectivity index (χ2n) is 9.26. The first kappa shape index (κ1) is 27.8. The summed E-state index contributed by atoms with van der Waals surface area (Å²) in [6.45, 7) is 6.36. The van der Waals surface area contributed by atoms with Gasteiger partial charge in [-0.3, -0.25) is 14.5 Å². The van der Waals surface area contributed by atoms with Crippen molar-refractivity contribution in [3.05, 3.63) is 42.7 Å². The maximum absolute atomic E-state index is 12.5. The molecular formula is C27H39N3O5S. The first-order valence-corrected chi connectivity index (χ1v) is 14.7. The molecule has 2 aromatic rings. The number of aromatic nitrogens is 1. The lowest BCUT2D eigenvalue weighted by atomic mass is 9.92. The number of piperidine rings is 1. The van der Waals surface area contributed by atoms with E-state index in [1.807, 2.05) is 26.2 Å². The van der Waals surface area contributed by atoms with E-state index in [0.717, 1.165) is 45.2 Å². The number of hydrogen-bond acceptors (Lipinski definition) is 7. The number of para-hydroxylation sites is 1. The highest BCUT2D eigenvalue weighted by atomic mass is 32.2. The van der Waals surface area contributed by atoms with Crippen LogP contribution in [-0.2, 0) is 14.8 Å². The van der Waals surface area contributed by atoms with Crippen LogP contribution in [-0.4, -0.2) is 44.8 Å². The highest BCUT2D eigenvalue weighted by Crippen LogP contribution is 2.37. The molecular weight excluding hydrogens is 478 g/mol. The highest BCUT2D eigenvalue weighted by Gasteiger charge is 2.21. The molecule has 1 aliphatic heterocycles. The summed E-state index contributed by atoms with van der Waals surface area (Å²) >= 11 is 0. The SMILES string of the molecule is CCCCS(=O)(=O)Nc1cccc(OCCCC2CCN(c3ccncc3)CC2)c1OC(=O)CCC. The first-order chi connectivity index (χ1) is 17.4. The van der Waals surface area contributed by atoms with Crippen molar-refractivity contribution >= 4 is 27.4 Å². The number of carbonyl (C=O) groups is 1. The van der Waals surface area contributed by atoms with E-state index < -0.39 is 16.0 Å². The number of nitrogens with zero attached hydrogens (tertiary/aromatic N) is 2. The van der Waals surface area contributed by atoms with Crippen LogP contribution in [0.4, 0.5) is 11.4 Å². The van der Waals surface area contributed by atoms with Crippen LogP contribution in [0.15, 0.2) is 42.7 Å². The third-order valence-electron chi connectivity index (χ3n) is 6.34. The lowest BCUT2D eigenvalue weighted by Crippen LogP contribution is -2.33. The minimum atomic E-state index is -3.55. The summed E-state index contributed by atoms with van der Waals surface area (Å²) in [6, 6.07) is 9.13. The molecule has 0 bridgehead atoms. The van der Waals surface area contributed by atoms with Crippen LogP contribution >= 0.6 is 0 Å². The monoisotopic (exact) mass is 517 g/mol. The highest BCUT2D eigenvalue weighted by molar-refractivity contribution is 7.92. The number of carbonyl (C=O) groups excluding carboxylic acids is 1. The summed E-state index contributed by atoms with van der Waals surface area (Å²) in [5.41, 5.74) is 1.46. The number of esters is 1. The largest absolute Gasteiger partial charge is 0.490 e. The number of rotatable bonds is 14. The number of anilines is 2. The number of sulfonamides is 1. The summed E-state index contributed by atoms with van der Waals surface area (Å²) in [5.74, 6) is 0.759. The maximum atomic E-state index is 12.5. The lowest BCUT2D eigenvalue weighted by molar-refractivity contribution is -0.134. The van der Waals surface area contributed by atoms with Crippen LogP contribution in [0.2, 0.25) is 0 Å². The topological polar surface area (TPSA) is 97.8 Å². The Balaban J connectivity index is 1.56. The van der Waals surface area contributed by atoms with E-state index in [1.165, 1.54) is 5.69 Å². The molecule has 1 saturated heterocycles. The van der Waals surface area contributed by atoms with Gasteiger partial charge in [0.2, 0.25) is 10.0 Å². The number of unbranched alkanes of at least 4 members (excludes halogenated alkanes) is 1. The first-order valence-electron chi connectivity index (χ1n) is 13.0. The zero-order valence-corrected chi connectivity index (χ0v) is 22.3. The number of ether oxygens (including phenoxy) is 2. The Morgan fingerprint density at radius 3 is 2.53 bits per heavy atom. The number of pyridine rings is 1. The van der Waals surface area contributed by atoms with E-state index in [4.69, 9.17) is 9.47 Å². The molecule has 1 aromatic heterocycles. The molecule has 0 saturated carbocycles. The molecule has 8 nitrogen and oxygen atoms in total. The van der Waals surface area contributed by atoms with Gasteiger partial charge in [-0.15, -0.1) is 0 Å². The average molecular weight is 518 g/mol. The molecule has 0 amide bonds. The molecule has 0 radical (unpaired) electrons. The summed E-state index contributed by atoms with van der Waals surface area (Å²) in [5, 5.41) is 0. The van der Waals surface area contributed by atoms with Crippen molar-refractivity contribution in [2.45, 2.75) is 65.2 Å². The Kier molecular flexibility index (Phi) is 10.8. The molecule has 3 rings (SSSR count). The van der Waals surface area contributed by atoms with Crippen molar-refractivity contribution in [1.29, 1.82) is 0 Å². The van der Waals surface area contributed by atoms with Gasteiger partial charge >= 0.3 is 5.97 Å². The molecule has 1 fully saturated rings. The minimum absolute atomic E-state index is 0.0108. The summed E-state index contributed by atoms with van der Waals surface area (Å²) in [4.78, 5) is 18.8. The van der Waals surface area contributed by atoms with Crippen molar-refractivity contribution in [2.75, 3.05) is 35.1 Å². The quantitative estimate of drug-likeness (QED) is 0.203. The van der Waals surface area contributed by atoms with Crippen LogP contribution in [0.5, 0.6) is 11.5 Å². The zero-order chi connectivity index (χ0) is 25.8. The molecule has 0 atom stereocenters. The molecule has 0 spiro atoms. The fourth-order valence-corrected chi connectivity index (χ4v) is 5.59. The number of benzene rings is 1. The van der Waals surface area contributed by atoms with Gasteiger partial charge in [0.05, 0.1) is 18.0 Å². The van der Waals surface area contributed by atoms with Crippen molar-refractivity contribution in [3.8, 4) is 11.5 Å². The van der Waals surface area contributed by atoms with Gasteiger partial charge in [-0.1, -0.05) is 26.3 Å². The second kappa shape index (κ2) is 14.1. The van der Waals surface area contributed by atoms with E-state index in [0.29, 0.717) is 31.1 Å². The third kappa shape index (κ3) is 8.69. The fraction of sp³-hybridized carbons (Fsp3) is 0.556. The minimum Gasteiger partial charge on any atom is -0.490 e. The van der Waals surface area contributed by atoms with E-state index in [9.17, 15) is 13.2 Å². The summed E-state index contributed by atoms with van der Waals surface area (Å²) in [6.07, 6.45) is 10.1. The van der Waals surface area contributed by atoms with Gasteiger partial charge in [-0.2, -0.15) is 0 Å². The Morgan fingerprint density at radius 2 is 1.83 bits per heavy atom. The number of hydrogen-bond donors (Lipinski definition) is 1. The van der Waals surface area contributed by atoms with E-state index in [1.54, 1.807) is 18.2 Å². The van der Waals surface area contributed by atoms with Gasteiger partial charge < -0.3 is 14.4 Å². The van der Waals surface area contributed by atoms with Crippen LogP contribution in [0.1, 0.15) is 65.2 Å². The van der Waals surface area contributed by atoms with Gasteiger partial charge in [0.1, 0.15) is 0 Å². The van der Waals surface area contributed by atoms with Crippen LogP contribution < -0.4 is 19.1 Å².